The van der Waals surface area contributed by atoms with Crippen LogP contribution in [-0.2, 0) is 19.6 Å². The number of hydrogen-bond acceptors (Lipinski definition) is 4. The van der Waals surface area contributed by atoms with E-state index < -0.39 is 10.0 Å². The molecule has 0 fully saturated rings. The maximum absolute atomic E-state index is 11.4. The van der Waals surface area contributed by atoms with Crippen molar-refractivity contribution in [1.82, 2.24) is 4.72 Å². The minimum Gasteiger partial charge on any atom is -0.469 e. The second kappa shape index (κ2) is 7.86. The van der Waals surface area contributed by atoms with E-state index in [4.69, 9.17) is 11.6 Å². The molecule has 7 heteroatoms. The SMILES string of the molecule is COC(=O)CCCNS(=O)(=O)CC(C)CCl. The third-order valence-electron chi connectivity index (χ3n) is 1.87. The largest absolute Gasteiger partial charge is 0.469 e. The van der Waals surface area contributed by atoms with Crippen LogP contribution in [0.25, 0.3) is 0 Å². The molecule has 0 spiro atoms. The van der Waals surface area contributed by atoms with Crippen LogP contribution in [0.15, 0.2) is 0 Å². The first kappa shape index (κ1) is 15.7. The molecule has 96 valence electrons. The summed E-state index contributed by atoms with van der Waals surface area (Å²) in [6, 6.07) is 0. The molecule has 0 bridgehead atoms. The summed E-state index contributed by atoms with van der Waals surface area (Å²) in [5.74, 6) is -0.106. The smallest absolute Gasteiger partial charge is 0.305 e. The van der Waals surface area contributed by atoms with Crippen LogP contribution in [0.3, 0.4) is 0 Å². The summed E-state index contributed by atoms with van der Waals surface area (Å²) < 4.78 is 29.7. The summed E-state index contributed by atoms with van der Waals surface area (Å²) in [4.78, 5) is 10.7. The van der Waals surface area contributed by atoms with Crippen LogP contribution in [0.1, 0.15) is 19.8 Å². The van der Waals surface area contributed by atoms with Gasteiger partial charge in [-0.3, -0.25) is 4.79 Å². The Labute approximate surface area is 102 Å². The predicted octanol–water partition coefficient (Wildman–Crippen LogP) is 0.734. The summed E-state index contributed by atoms with van der Waals surface area (Å²) in [5.41, 5.74) is 0. The average molecular weight is 272 g/mol. The van der Waals surface area contributed by atoms with E-state index in [0.717, 1.165) is 0 Å². The number of sulfonamides is 1. The standard InChI is InChI=1S/C9H18ClNO4S/c1-8(6-10)7-16(13,14)11-5-3-4-9(12)15-2/h8,11H,3-7H2,1-2H3. The van der Waals surface area contributed by atoms with Gasteiger partial charge in [0.1, 0.15) is 0 Å². The van der Waals surface area contributed by atoms with Gasteiger partial charge in [-0.05, 0) is 12.3 Å². The fourth-order valence-electron chi connectivity index (χ4n) is 1.04. The Morgan fingerprint density at radius 3 is 2.62 bits per heavy atom. The summed E-state index contributed by atoms with van der Waals surface area (Å²) in [7, 11) is -1.98. The number of alkyl halides is 1. The summed E-state index contributed by atoms with van der Waals surface area (Å²) in [6.07, 6.45) is 0.644. The lowest BCUT2D eigenvalue weighted by Gasteiger charge is -2.09. The third kappa shape index (κ3) is 7.90. The average Bonchev–Trinajstić information content (AvgIpc) is 2.23. The van der Waals surface area contributed by atoms with Gasteiger partial charge in [-0.1, -0.05) is 6.92 Å². The summed E-state index contributed by atoms with van der Waals surface area (Å²) in [6.45, 7) is 2.01. The van der Waals surface area contributed by atoms with E-state index in [1.807, 2.05) is 0 Å². The first-order valence-corrected chi connectivity index (χ1v) is 7.20. The summed E-state index contributed by atoms with van der Waals surface area (Å²) >= 11 is 5.53. The third-order valence-corrected chi connectivity index (χ3v) is 4.05. The van der Waals surface area contributed by atoms with E-state index in [2.05, 4.69) is 9.46 Å². The van der Waals surface area contributed by atoms with E-state index in [1.165, 1.54) is 7.11 Å². The molecule has 5 nitrogen and oxygen atoms in total. The van der Waals surface area contributed by atoms with E-state index in [1.54, 1.807) is 6.92 Å². The van der Waals surface area contributed by atoms with Gasteiger partial charge in [0.25, 0.3) is 0 Å². The molecule has 0 amide bonds. The fourth-order valence-corrected chi connectivity index (χ4v) is 2.72. The molecule has 0 rings (SSSR count). The topological polar surface area (TPSA) is 72.5 Å². The van der Waals surface area contributed by atoms with E-state index in [9.17, 15) is 13.2 Å². The van der Waals surface area contributed by atoms with Gasteiger partial charge in [0.05, 0.1) is 12.9 Å². The van der Waals surface area contributed by atoms with Crippen LogP contribution in [0.5, 0.6) is 0 Å². The zero-order valence-electron chi connectivity index (χ0n) is 9.53. The maximum Gasteiger partial charge on any atom is 0.305 e. The van der Waals surface area contributed by atoms with Crippen molar-refractivity contribution in [2.45, 2.75) is 19.8 Å². The Morgan fingerprint density at radius 2 is 2.12 bits per heavy atom. The van der Waals surface area contributed by atoms with Crippen molar-refractivity contribution in [3.05, 3.63) is 0 Å². The number of carbonyl (C=O) groups is 1. The minimum absolute atomic E-state index is 0.00865. The molecule has 1 N–H and O–H groups in total. The van der Waals surface area contributed by atoms with Crippen LogP contribution in [0.4, 0.5) is 0 Å². The van der Waals surface area contributed by atoms with Gasteiger partial charge in [0, 0.05) is 18.8 Å². The van der Waals surface area contributed by atoms with E-state index in [-0.39, 0.29) is 30.6 Å². The molecule has 1 unspecified atom stereocenters. The highest BCUT2D eigenvalue weighted by Gasteiger charge is 2.14. The second-order valence-electron chi connectivity index (χ2n) is 3.61. The highest BCUT2D eigenvalue weighted by atomic mass is 35.5. The second-order valence-corrected chi connectivity index (χ2v) is 5.78. The Hall–Kier alpha value is -0.330. The fraction of sp³-hybridized carbons (Fsp3) is 0.889. The molecule has 0 aliphatic rings. The molecule has 0 aliphatic heterocycles. The number of carbonyl (C=O) groups excluding carboxylic acids is 1. The predicted molar refractivity (Wildman–Crippen MR) is 62.9 cm³/mol. The molecular weight excluding hydrogens is 254 g/mol. The first-order valence-electron chi connectivity index (χ1n) is 5.01. The lowest BCUT2D eigenvalue weighted by atomic mass is 10.3. The first-order chi connectivity index (χ1) is 7.41. The molecule has 0 aliphatic carbocycles. The Balaban J connectivity index is 3.79. The lowest BCUT2D eigenvalue weighted by molar-refractivity contribution is -0.140. The molecule has 0 aromatic rings. The molecule has 0 radical (unpaired) electrons. The van der Waals surface area contributed by atoms with Gasteiger partial charge in [0.15, 0.2) is 0 Å². The molecule has 0 aromatic carbocycles. The van der Waals surface area contributed by atoms with Crippen molar-refractivity contribution in [2.24, 2.45) is 5.92 Å². The Morgan fingerprint density at radius 1 is 1.50 bits per heavy atom. The van der Waals surface area contributed by atoms with Gasteiger partial charge in [-0.15, -0.1) is 11.6 Å². The Bertz CT molecular complexity index is 305. The molecule has 1 atom stereocenters. The molecular formula is C9H18ClNO4S. The zero-order chi connectivity index (χ0) is 12.6. The maximum atomic E-state index is 11.4. The number of halogens is 1. The highest BCUT2D eigenvalue weighted by molar-refractivity contribution is 7.89. The number of rotatable bonds is 8. The van der Waals surface area contributed by atoms with Gasteiger partial charge < -0.3 is 4.74 Å². The molecule has 16 heavy (non-hydrogen) atoms. The number of nitrogens with one attached hydrogen (secondary N) is 1. The van der Waals surface area contributed by atoms with Crippen molar-refractivity contribution in [3.8, 4) is 0 Å². The van der Waals surface area contributed by atoms with Gasteiger partial charge in [0.2, 0.25) is 10.0 Å². The minimum atomic E-state index is -3.28. The van der Waals surface area contributed by atoms with Crippen LogP contribution in [0, 0.1) is 5.92 Å². The number of esters is 1. The van der Waals surface area contributed by atoms with Gasteiger partial charge >= 0.3 is 5.97 Å². The quantitative estimate of drug-likeness (QED) is 0.401. The summed E-state index contributed by atoms with van der Waals surface area (Å²) in [5, 5.41) is 0. The monoisotopic (exact) mass is 271 g/mol. The van der Waals surface area contributed by atoms with Crippen molar-refractivity contribution in [2.75, 3.05) is 25.3 Å². The molecule has 0 saturated heterocycles. The van der Waals surface area contributed by atoms with Crippen LogP contribution in [-0.4, -0.2) is 39.7 Å². The molecule has 0 aromatic heterocycles. The van der Waals surface area contributed by atoms with Crippen LogP contribution in [0.2, 0.25) is 0 Å². The highest BCUT2D eigenvalue weighted by Crippen LogP contribution is 2.02. The number of ether oxygens (including phenoxy) is 1. The van der Waals surface area contributed by atoms with E-state index in [0.29, 0.717) is 12.3 Å². The van der Waals surface area contributed by atoms with Crippen molar-refractivity contribution < 1.29 is 17.9 Å². The molecule has 0 saturated carbocycles. The van der Waals surface area contributed by atoms with Crippen molar-refractivity contribution in [1.29, 1.82) is 0 Å². The normalized spacial score (nSPS) is 13.4. The van der Waals surface area contributed by atoms with Gasteiger partial charge in [-0.2, -0.15) is 0 Å². The van der Waals surface area contributed by atoms with Crippen molar-refractivity contribution >= 4 is 27.6 Å². The number of methoxy groups -OCH3 is 1. The van der Waals surface area contributed by atoms with Crippen LogP contribution < -0.4 is 4.72 Å². The van der Waals surface area contributed by atoms with Crippen molar-refractivity contribution in [3.63, 3.8) is 0 Å². The van der Waals surface area contributed by atoms with Gasteiger partial charge in [-0.25, -0.2) is 13.1 Å². The Kier molecular flexibility index (Phi) is 7.70. The zero-order valence-corrected chi connectivity index (χ0v) is 11.1. The molecule has 0 heterocycles. The van der Waals surface area contributed by atoms with Crippen LogP contribution >= 0.6 is 11.6 Å². The number of hydrogen-bond donors (Lipinski definition) is 1. The lowest BCUT2D eigenvalue weighted by Crippen LogP contribution is -2.30. The van der Waals surface area contributed by atoms with E-state index >= 15 is 0 Å².